The number of esters is 1. The van der Waals surface area contributed by atoms with Crippen molar-refractivity contribution in [1.29, 1.82) is 0 Å². The third-order valence-corrected chi connectivity index (χ3v) is 3.81. The first kappa shape index (κ1) is 19.8. The number of primary amides is 1. The van der Waals surface area contributed by atoms with E-state index in [1.54, 1.807) is 13.8 Å². The van der Waals surface area contributed by atoms with Crippen LogP contribution in [0, 0.1) is 5.92 Å². The molecule has 0 saturated carbocycles. The van der Waals surface area contributed by atoms with Crippen molar-refractivity contribution in [3.63, 3.8) is 0 Å². The lowest BCUT2D eigenvalue weighted by molar-refractivity contribution is -0.130. The molecule has 0 spiro atoms. The summed E-state index contributed by atoms with van der Waals surface area (Å²) in [5.74, 6) is -1.19. The van der Waals surface area contributed by atoms with Crippen LogP contribution in [0.3, 0.4) is 0 Å². The number of halogens is 1. The number of carbonyl (C=O) groups excluding carboxylic acids is 3. The first-order valence-electron chi connectivity index (χ1n) is 6.94. The molecule has 3 amide bonds. The molecule has 1 atom stereocenters. The molecular formula is C15H19BrN2O6. The van der Waals surface area contributed by atoms with Gasteiger partial charge < -0.3 is 19.9 Å². The Bertz CT molecular complexity index is 622. The molecule has 0 aliphatic rings. The van der Waals surface area contributed by atoms with Gasteiger partial charge >= 0.3 is 12.0 Å². The molecule has 0 aliphatic heterocycles. The lowest BCUT2D eigenvalue weighted by atomic mass is 10.1. The molecule has 3 N–H and O–H groups in total. The van der Waals surface area contributed by atoms with Crippen LogP contribution in [0.1, 0.15) is 24.2 Å². The molecule has 0 bridgehead atoms. The molecule has 0 fully saturated rings. The Morgan fingerprint density at radius 1 is 1.12 bits per heavy atom. The van der Waals surface area contributed by atoms with Crippen LogP contribution in [0.5, 0.6) is 11.5 Å². The predicted octanol–water partition coefficient (Wildman–Crippen LogP) is 1.84. The molecule has 1 rings (SSSR count). The quantitative estimate of drug-likeness (QED) is 0.701. The maximum Gasteiger partial charge on any atom is 0.339 e. The van der Waals surface area contributed by atoms with E-state index in [0.717, 1.165) is 0 Å². The van der Waals surface area contributed by atoms with Crippen LogP contribution in [0.2, 0.25) is 0 Å². The van der Waals surface area contributed by atoms with Crippen LogP contribution in [-0.2, 0) is 9.53 Å². The molecule has 132 valence electrons. The molecule has 0 unspecified atom stereocenters. The highest BCUT2D eigenvalue weighted by molar-refractivity contribution is 9.10. The highest BCUT2D eigenvalue weighted by Crippen LogP contribution is 2.35. The highest BCUT2D eigenvalue weighted by Gasteiger charge is 2.28. The zero-order valence-electron chi connectivity index (χ0n) is 13.7. The summed E-state index contributed by atoms with van der Waals surface area (Å²) >= 11 is 3.29. The Balaban J connectivity index is 3.08. The fourth-order valence-electron chi connectivity index (χ4n) is 1.86. The number of amides is 3. The van der Waals surface area contributed by atoms with Gasteiger partial charge in [-0.2, -0.15) is 0 Å². The van der Waals surface area contributed by atoms with Crippen LogP contribution in [0.4, 0.5) is 4.79 Å². The SMILES string of the molecule is COc1cc(C(=O)O[C@@H](C(=O)NC(N)=O)C(C)C)cc(OC)c1Br. The second-order valence-corrected chi connectivity index (χ2v) is 5.91. The smallest absolute Gasteiger partial charge is 0.339 e. The molecule has 0 aliphatic carbocycles. The summed E-state index contributed by atoms with van der Waals surface area (Å²) in [6, 6.07) is 1.87. The van der Waals surface area contributed by atoms with E-state index in [0.29, 0.717) is 16.0 Å². The van der Waals surface area contributed by atoms with Gasteiger partial charge in [-0.15, -0.1) is 0 Å². The fourth-order valence-corrected chi connectivity index (χ4v) is 2.41. The van der Waals surface area contributed by atoms with Crippen molar-refractivity contribution in [2.24, 2.45) is 11.7 Å². The first-order chi connectivity index (χ1) is 11.2. The third-order valence-electron chi connectivity index (χ3n) is 3.03. The van der Waals surface area contributed by atoms with Gasteiger partial charge in [0.15, 0.2) is 6.10 Å². The standard InChI is InChI=1S/C15H19BrN2O6/c1-7(2)12(13(19)18-15(17)21)24-14(20)8-5-9(22-3)11(16)10(6-8)23-4/h5-7,12H,1-4H3,(H3,17,18,19,21)/t12-/m1/s1. The van der Waals surface area contributed by atoms with Crippen molar-refractivity contribution < 1.29 is 28.6 Å². The topological polar surface area (TPSA) is 117 Å². The average molecular weight is 403 g/mol. The zero-order chi connectivity index (χ0) is 18.4. The maximum atomic E-state index is 12.4. The number of ether oxygens (including phenoxy) is 3. The number of carbonyl (C=O) groups is 3. The van der Waals surface area contributed by atoms with Crippen molar-refractivity contribution >= 4 is 33.8 Å². The van der Waals surface area contributed by atoms with Crippen LogP contribution >= 0.6 is 15.9 Å². The van der Waals surface area contributed by atoms with E-state index in [-0.39, 0.29) is 11.5 Å². The van der Waals surface area contributed by atoms with Gasteiger partial charge in [0.1, 0.15) is 16.0 Å². The Morgan fingerprint density at radius 3 is 2.00 bits per heavy atom. The van der Waals surface area contributed by atoms with Gasteiger partial charge in [-0.1, -0.05) is 13.8 Å². The van der Waals surface area contributed by atoms with Crippen molar-refractivity contribution in [3.8, 4) is 11.5 Å². The van der Waals surface area contributed by atoms with E-state index in [4.69, 9.17) is 19.9 Å². The number of methoxy groups -OCH3 is 2. The monoisotopic (exact) mass is 402 g/mol. The van der Waals surface area contributed by atoms with Crippen molar-refractivity contribution in [2.45, 2.75) is 20.0 Å². The van der Waals surface area contributed by atoms with E-state index >= 15 is 0 Å². The van der Waals surface area contributed by atoms with Crippen LogP contribution in [-0.4, -0.2) is 38.2 Å². The molecule has 9 heteroatoms. The van der Waals surface area contributed by atoms with Gasteiger partial charge in [-0.25, -0.2) is 9.59 Å². The molecule has 0 aromatic heterocycles. The summed E-state index contributed by atoms with van der Waals surface area (Å²) in [5.41, 5.74) is 5.05. The van der Waals surface area contributed by atoms with Crippen LogP contribution in [0.25, 0.3) is 0 Å². The van der Waals surface area contributed by atoms with E-state index in [2.05, 4.69) is 15.9 Å². The number of hydrogen-bond acceptors (Lipinski definition) is 6. The summed E-state index contributed by atoms with van der Waals surface area (Å²) in [4.78, 5) is 35.1. The normalized spacial score (nSPS) is 11.6. The largest absolute Gasteiger partial charge is 0.495 e. The first-order valence-corrected chi connectivity index (χ1v) is 7.73. The number of hydrogen-bond donors (Lipinski definition) is 2. The van der Waals surface area contributed by atoms with Gasteiger partial charge in [-0.3, -0.25) is 10.1 Å². The summed E-state index contributed by atoms with van der Waals surface area (Å²) < 4.78 is 16.1. The van der Waals surface area contributed by atoms with E-state index in [1.165, 1.54) is 26.4 Å². The zero-order valence-corrected chi connectivity index (χ0v) is 15.3. The van der Waals surface area contributed by atoms with Crippen LogP contribution in [0.15, 0.2) is 16.6 Å². The number of imide groups is 1. The number of nitrogens with one attached hydrogen (secondary N) is 1. The van der Waals surface area contributed by atoms with Crippen molar-refractivity contribution in [3.05, 3.63) is 22.2 Å². The van der Waals surface area contributed by atoms with Crippen molar-refractivity contribution in [1.82, 2.24) is 5.32 Å². The molecule has 1 aromatic rings. The molecule has 0 heterocycles. The van der Waals surface area contributed by atoms with Gasteiger partial charge in [0, 0.05) is 0 Å². The van der Waals surface area contributed by atoms with Gasteiger partial charge in [0.2, 0.25) is 0 Å². The van der Waals surface area contributed by atoms with Crippen LogP contribution < -0.4 is 20.5 Å². The second-order valence-electron chi connectivity index (χ2n) is 5.12. The second kappa shape index (κ2) is 8.53. The number of rotatable bonds is 6. The molecule has 1 aromatic carbocycles. The summed E-state index contributed by atoms with van der Waals surface area (Å²) in [6.07, 6.45) is -1.18. The summed E-state index contributed by atoms with van der Waals surface area (Å²) in [7, 11) is 2.87. The van der Waals surface area contributed by atoms with Gasteiger partial charge in [0.05, 0.1) is 19.8 Å². The average Bonchev–Trinajstić information content (AvgIpc) is 2.51. The van der Waals surface area contributed by atoms with E-state index in [9.17, 15) is 14.4 Å². The Morgan fingerprint density at radius 2 is 1.62 bits per heavy atom. The number of benzene rings is 1. The van der Waals surface area contributed by atoms with E-state index in [1.807, 2.05) is 5.32 Å². The fraction of sp³-hybridized carbons (Fsp3) is 0.400. The van der Waals surface area contributed by atoms with E-state index < -0.39 is 24.0 Å². The molecule has 8 nitrogen and oxygen atoms in total. The summed E-state index contributed by atoms with van der Waals surface area (Å²) in [5, 5.41) is 1.90. The van der Waals surface area contributed by atoms with Gasteiger partial charge in [0.25, 0.3) is 5.91 Å². The lowest BCUT2D eigenvalue weighted by Crippen LogP contribution is -2.45. The maximum absolute atomic E-state index is 12.4. The number of urea groups is 1. The minimum atomic E-state index is -1.18. The molecule has 0 radical (unpaired) electrons. The molecule has 24 heavy (non-hydrogen) atoms. The predicted molar refractivity (Wildman–Crippen MR) is 89.0 cm³/mol. The van der Waals surface area contributed by atoms with Gasteiger partial charge in [-0.05, 0) is 34.0 Å². The summed E-state index contributed by atoms with van der Waals surface area (Å²) in [6.45, 7) is 3.34. The Kier molecular flexibility index (Phi) is 7.02. The molecular weight excluding hydrogens is 384 g/mol. The lowest BCUT2D eigenvalue weighted by Gasteiger charge is -2.20. The Hall–Kier alpha value is -2.29. The Labute approximate surface area is 147 Å². The minimum absolute atomic E-state index is 0.129. The third kappa shape index (κ3) is 4.85. The van der Waals surface area contributed by atoms with Crippen molar-refractivity contribution in [2.75, 3.05) is 14.2 Å². The highest BCUT2D eigenvalue weighted by atomic mass is 79.9. The number of nitrogens with two attached hydrogens (primary N) is 1. The minimum Gasteiger partial charge on any atom is -0.495 e. The molecule has 0 saturated heterocycles.